The zero-order valence-electron chi connectivity index (χ0n) is 28.6. The van der Waals surface area contributed by atoms with Gasteiger partial charge in [0.15, 0.2) is 0 Å². The lowest BCUT2D eigenvalue weighted by Crippen LogP contribution is -1.94. The molecule has 3 nitrogen and oxygen atoms in total. The Kier molecular flexibility index (Phi) is 5.77. The van der Waals surface area contributed by atoms with E-state index >= 15 is 0 Å². The number of para-hydroxylation sites is 2. The van der Waals surface area contributed by atoms with Crippen LogP contribution >= 0.6 is 0 Å². The van der Waals surface area contributed by atoms with E-state index < -0.39 is 0 Å². The van der Waals surface area contributed by atoms with Gasteiger partial charge < -0.3 is 13.6 Å². The highest BCUT2D eigenvalue weighted by Crippen LogP contribution is 2.43. The molecule has 12 aromatic rings. The molecule has 0 spiro atoms. The number of rotatable bonds is 3. The van der Waals surface area contributed by atoms with Crippen LogP contribution in [0.2, 0.25) is 0 Å². The Morgan fingerprint density at radius 3 is 1.58 bits per heavy atom. The Balaban J connectivity index is 1.11. The number of nitrogens with zero attached hydrogens (tertiary/aromatic N) is 2. The van der Waals surface area contributed by atoms with E-state index in [4.69, 9.17) is 4.42 Å². The maximum Gasteiger partial charge on any atom is 0.137 e. The van der Waals surface area contributed by atoms with Crippen LogP contribution in [0.4, 0.5) is 0 Å². The normalized spacial score (nSPS) is 12.2. The number of hydrogen-bond acceptors (Lipinski definition) is 1. The second-order valence-corrected chi connectivity index (χ2v) is 14.1. The Bertz CT molecular complexity index is 3470. The Morgan fingerprint density at radius 1 is 0.321 bits per heavy atom. The van der Waals surface area contributed by atoms with Crippen molar-refractivity contribution in [3.63, 3.8) is 0 Å². The highest BCUT2D eigenvalue weighted by Gasteiger charge is 2.20. The first-order valence-corrected chi connectivity index (χ1v) is 18.2. The lowest BCUT2D eigenvalue weighted by Gasteiger charge is -2.11. The minimum absolute atomic E-state index is 0.900. The predicted octanol–water partition coefficient (Wildman–Crippen LogP) is 13.8. The van der Waals surface area contributed by atoms with E-state index in [0.717, 1.165) is 27.6 Å². The van der Waals surface area contributed by atoms with Crippen LogP contribution in [-0.2, 0) is 0 Å². The van der Waals surface area contributed by atoms with Gasteiger partial charge in [0.25, 0.3) is 0 Å². The topological polar surface area (TPSA) is 23.0 Å². The second kappa shape index (κ2) is 10.7. The number of aromatic nitrogens is 2. The van der Waals surface area contributed by atoms with Gasteiger partial charge in [-0.2, -0.15) is 0 Å². The first kappa shape index (κ1) is 28.6. The number of fused-ring (bicyclic) bond motifs is 12. The fraction of sp³-hybridized carbons (Fsp3) is 0. The molecule has 0 fully saturated rings. The molecule has 0 amide bonds. The smallest absolute Gasteiger partial charge is 0.137 e. The Morgan fingerprint density at radius 2 is 0.868 bits per heavy atom. The molecule has 0 unspecified atom stereocenters. The van der Waals surface area contributed by atoms with Crippen LogP contribution in [0.15, 0.2) is 186 Å². The maximum atomic E-state index is 6.43. The molecule has 0 aliphatic heterocycles. The van der Waals surface area contributed by atoms with Crippen molar-refractivity contribution in [2.45, 2.75) is 0 Å². The lowest BCUT2D eigenvalue weighted by molar-refractivity contribution is 0.669. The quantitative estimate of drug-likeness (QED) is 0.183. The van der Waals surface area contributed by atoms with Gasteiger partial charge in [0, 0.05) is 38.3 Å². The summed E-state index contributed by atoms with van der Waals surface area (Å²) in [4.78, 5) is 0. The average molecular weight is 675 g/mol. The first-order chi connectivity index (χ1) is 26.3. The Labute approximate surface area is 304 Å². The maximum absolute atomic E-state index is 6.43. The summed E-state index contributed by atoms with van der Waals surface area (Å²) in [6.07, 6.45) is 0. The molecule has 53 heavy (non-hydrogen) atoms. The zero-order chi connectivity index (χ0) is 34.6. The molecule has 0 aliphatic rings. The van der Waals surface area contributed by atoms with Crippen molar-refractivity contribution in [2.24, 2.45) is 0 Å². The van der Waals surface area contributed by atoms with Crippen LogP contribution in [0.1, 0.15) is 0 Å². The largest absolute Gasteiger partial charge is 0.456 e. The summed E-state index contributed by atoms with van der Waals surface area (Å²) in [5, 5.41) is 12.1. The number of furan rings is 1. The summed E-state index contributed by atoms with van der Waals surface area (Å²) >= 11 is 0. The van der Waals surface area contributed by atoms with Gasteiger partial charge in [-0.1, -0.05) is 109 Å². The van der Waals surface area contributed by atoms with E-state index in [1.807, 2.05) is 6.07 Å². The van der Waals surface area contributed by atoms with Gasteiger partial charge in [-0.25, -0.2) is 0 Å². The SMILES string of the molecule is c1ccc2cc(-n3c4ccccc4c4cc(-c5ccc6c(c5)c5ccc7oc8ccccc8c7c5n6-c5ccc6ccccc6c5)ccc43)ccc2c1. The van der Waals surface area contributed by atoms with E-state index in [-0.39, 0.29) is 0 Å². The average Bonchev–Trinajstić information content (AvgIpc) is 3.87. The molecular weight excluding hydrogens is 645 g/mol. The fourth-order valence-electron chi connectivity index (χ4n) is 8.83. The van der Waals surface area contributed by atoms with Crippen LogP contribution < -0.4 is 0 Å². The van der Waals surface area contributed by atoms with Gasteiger partial charge in [-0.15, -0.1) is 0 Å². The van der Waals surface area contributed by atoms with Gasteiger partial charge in [0.05, 0.1) is 27.5 Å². The highest BCUT2D eigenvalue weighted by atomic mass is 16.3. The first-order valence-electron chi connectivity index (χ1n) is 18.2. The highest BCUT2D eigenvalue weighted by molar-refractivity contribution is 6.25. The van der Waals surface area contributed by atoms with Gasteiger partial charge in [0.2, 0.25) is 0 Å². The predicted molar refractivity (Wildman–Crippen MR) is 223 cm³/mol. The van der Waals surface area contributed by atoms with Gasteiger partial charge in [-0.05, 0) is 105 Å². The van der Waals surface area contributed by atoms with Crippen LogP contribution in [0, 0.1) is 0 Å². The van der Waals surface area contributed by atoms with E-state index in [1.165, 1.54) is 82.0 Å². The molecule has 3 heterocycles. The van der Waals surface area contributed by atoms with E-state index in [9.17, 15) is 0 Å². The third-order valence-corrected chi connectivity index (χ3v) is 11.3. The number of hydrogen-bond donors (Lipinski definition) is 0. The minimum atomic E-state index is 0.900. The molecule has 0 saturated carbocycles. The van der Waals surface area contributed by atoms with E-state index in [2.05, 4.69) is 185 Å². The van der Waals surface area contributed by atoms with Gasteiger partial charge in [-0.3, -0.25) is 0 Å². The molecule has 12 rings (SSSR count). The van der Waals surface area contributed by atoms with Gasteiger partial charge in [0.1, 0.15) is 11.2 Å². The summed E-state index contributed by atoms with van der Waals surface area (Å²) in [6, 6.07) is 66.2. The molecule has 3 aromatic heterocycles. The van der Waals surface area contributed by atoms with Crippen molar-refractivity contribution >= 4 is 87.1 Å². The summed E-state index contributed by atoms with van der Waals surface area (Å²) in [5.74, 6) is 0. The van der Waals surface area contributed by atoms with Crippen molar-refractivity contribution in [2.75, 3.05) is 0 Å². The molecule has 0 N–H and O–H groups in total. The van der Waals surface area contributed by atoms with Crippen LogP contribution in [-0.4, -0.2) is 9.13 Å². The van der Waals surface area contributed by atoms with Crippen LogP contribution in [0.3, 0.4) is 0 Å². The zero-order valence-corrected chi connectivity index (χ0v) is 28.6. The van der Waals surface area contributed by atoms with Crippen LogP contribution in [0.25, 0.3) is 110 Å². The Hall–Kier alpha value is -7.10. The summed E-state index contributed by atoms with van der Waals surface area (Å²) in [5.41, 5.74) is 11.3. The molecule has 0 bridgehead atoms. The molecular formula is C50H30N2O. The molecule has 0 saturated heterocycles. The summed E-state index contributed by atoms with van der Waals surface area (Å²) in [7, 11) is 0. The van der Waals surface area contributed by atoms with E-state index in [0.29, 0.717) is 0 Å². The van der Waals surface area contributed by atoms with Crippen LogP contribution in [0.5, 0.6) is 0 Å². The standard InChI is InChI=1S/C50H30N2O/c1-3-11-33-27-37(21-17-31(33)9-1)51-44-15-7-5-13-39(44)42-29-35(19-24-45(42)51)36-20-25-46-43(30-36)40-23-26-48-49(41-14-6-8-16-47(41)53-48)50(40)52(46)38-22-18-32-10-2-4-12-34(32)28-38/h1-30H. The monoisotopic (exact) mass is 674 g/mol. The van der Waals surface area contributed by atoms with Crippen molar-refractivity contribution in [3.05, 3.63) is 182 Å². The van der Waals surface area contributed by atoms with E-state index in [1.54, 1.807) is 0 Å². The minimum Gasteiger partial charge on any atom is -0.456 e. The fourth-order valence-corrected chi connectivity index (χ4v) is 8.83. The molecule has 3 heteroatoms. The third kappa shape index (κ3) is 4.10. The van der Waals surface area contributed by atoms with Crippen molar-refractivity contribution in [1.29, 1.82) is 0 Å². The molecule has 246 valence electrons. The lowest BCUT2D eigenvalue weighted by atomic mass is 10.00. The van der Waals surface area contributed by atoms with Crippen molar-refractivity contribution in [1.82, 2.24) is 9.13 Å². The van der Waals surface area contributed by atoms with Crippen molar-refractivity contribution in [3.8, 4) is 22.5 Å². The number of benzene rings is 9. The molecule has 0 radical (unpaired) electrons. The second-order valence-electron chi connectivity index (χ2n) is 14.1. The van der Waals surface area contributed by atoms with Crippen molar-refractivity contribution < 1.29 is 4.42 Å². The molecule has 0 atom stereocenters. The molecule has 0 aliphatic carbocycles. The molecule has 9 aromatic carbocycles. The third-order valence-electron chi connectivity index (χ3n) is 11.3. The summed E-state index contributed by atoms with van der Waals surface area (Å²) in [6.45, 7) is 0. The van der Waals surface area contributed by atoms with Gasteiger partial charge >= 0.3 is 0 Å². The summed E-state index contributed by atoms with van der Waals surface area (Å²) < 4.78 is 11.3.